The van der Waals surface area contributed by atoms with Gasteiger partial charge in [-0.3, -0.25) is 0 Å². The summed E-state index contributed by atoms with van der Waals surface area (Å²) in [4.78, 5) is 0. The Balaban J connectivity index is 2.23. The molecule has 0 aliphatic rings. The van der Waals surface area contributed by atoms with Crippen LogP contribution in [0.2, 0.25) is 0 Å². The molecule has 3 heteroatoms. The zero-order valence-electron chi connectivity index (χ0n) is 8.73. The summed E-state index contributed by atoms with van der Waals surface area (Å²) in [7, 11) is 0. The average Bonchev–Trinajstić information content (AvgIpc) is 2.30. The predicted octanol–water partition coefficient (Wildman–Crippen LogP) is 3.17. The summed E-state index contributed by atoms with van der Waals surface area (Å²) >= 11 is 0. The molecule has 16 heavy (non-hydrogen) atoms. The van der Waals surface area contributed by atoms with Crippen molar-refractivity contribution in [3.05, 3.63) is 60.6 Å². The molecule has 0 bridgehead atoms. The van der Waals surface area contributed by atoms with Crippen LogP contribution in [-0.4, -0.2) is 10.2 Å². The van der Waals surface area contributed by atoms with Gasteiger partial charge in [-0.2, -0.15) is 10.2 Å². The summed E-state index contributed by atoms with van der Waals surface area (Å²) < 4.78 is 12.6. The van der Waals surface area contributed by atoms with E-state index in [1.54, 1.807) is 6.20 Å². The quantitative estimate of drug-likeness (QED) is 0.784. The van der Waals surface area contributed by atoms with Crippen LogP contribution in [-0.2, 0) is 6.42 Å². The van der Waals surface area contributed by atoms with Gasteiger partial charge in [0.2, 0.25) is 0 Å². The maximum atomic E-state index is 12.6. The first-order valence-corrected chi connectivity index (χ1v) is 4.96. The fraction of sp³-hybridized carbons (Fsp3) is 0.0769. The fourth-order valence-corrected chi connectivity index (χ4v) is 1.47. The van der Waals surface area contributed by atoms with E-state index in [9.17, 15) is 4.39 Å². The molecule has 0 atom stereocenters. The van der Waals surface area contributed by atoms with Gasteiger partial charge in [-0.1, -0.05) is 30.8 Å². The van der Waals surface area contributed by atoms with E-state index in [1.807, 2.05) is 36.4 Å². The van der Waals surface area contributed by atoms with E-state index in [4.69, 9.17) is 0 Å². The third-order valence-electron chi connectivity index (χ3n) is 2.22. The number of hydrogen-bond acceptors (Lipinski definition) is 2. The Kier molecular flexibility index (Phi) is 3.05. The SMILES string of the molecule is C=C(F)Cc1ccc(-c2cccnn2)cc1. The number of nitrogens with zero attached hydrogens (tertiary/aromatic N) is 2. The number of halogens is 1. The monoisotopic (exact) mass is 214 g/mol. The summed E-state index contributed by atoms with van der Waals surface area (Å²) in [5.41, 5.74) is 2.69. The molecule has 0 unspecified atom stereocenters. The van der Waals surface area contributed by atoms with Crippen LogP contribution in [0.25, 0.3) is 11.3 Å². The van der Waals surface area contributed by atoms with Crippen molar-refractivity contribution in [2.45, 2.75) is 6.42 Å². The number of hydrogen-bond donors (Lipinski definition) is 0. The van der Waals surface area contributed by atoms with Crippen molar-refractivity contribution < 1.29 is 4.39 Å². The highest BCUT2D eigenvalue weighted by Crippen LogP contribution is 2.17. The maximum Gasteiger partial charge on any atom is 0.0971 e. The van der Waals surface area contributed by atoms with Crippen molar-refractivity contribution in [1.82, 2.24) is 10.2 Å². The lowest BCUT2D eigenvalue weighted by molar-refractivity contribution is 0.617. The molecule has 2 aromatic rings. The van der Waals surface area contributed by atoms with Crippen molar-refractivity contribution in [2.75, 3.05) is 0 Å². The smallest absolute Gasteiger partial charge is 0.0971 e. The van der Waals surface area contributed by atoms with E-state index >= 15 is 0 Å². The molecule has 1 heterocycles. The molecule has 2 nitrogen and oxygen atoms in total. The van der Waals surface area contributed by atoms with Gasteiger partial charge in [0.25, 0.3) is 0 Å². The van der Waals surface area contributed by atoms with Crippen LogP contribution in [0, 0.1) is 0 Å². The summed E-state index contributed by atoms with van der Waals surface area (Å²) in [5.74, 6) is -0.327. The van der Waals surface area contributed by atoms with E-state index in [1.165, 1.54) is 0 Å². The van der Waals surface area contributed by atoms with Crippen LogP contribution in [0.3, 0.4) is 0 Å². The Bertz CT molecular complexity index is 477. The van der Waals surface area contributed by atoms with Gasteiger partial charge in [-0.05, 0) is 17.7 Å². The molecule has 1 aromatic heterocycles. The number of allylic oxidation sites excluding steroid dienone is 1. The number of benzene rings is 1. The highest BCUT2D eigenvalue weighted by molar-refractivity contribution is 5.58. The van der Waals surface area contributed by atoms with Crippen molar-refractivity contribution in [1.29, 1.82) is 0 Å². The molecule has 0 aliphatic carbocycles. The van der Waals surface area contributed by atoms with E-state index in [2.05, 4.69) is 16.8 Å². The van der Waals surface area contributed by atoms with Gasteiger partial charge in [-0.25, -0.2) is 4.39 Å². The first-order chi connectivity index (χ1) is 7.75. The third-order valence-corrected chi connectivity index (χ3v) is 2.22. The second-order valence-electron chi connectivity index (χ2n) is 3.50. The Morgan fingerprint density at radius 1 is 1.19 bits per heavy atom. The molecule has 1 aromatic carbocycles. The second-order valence-corrected chi connectivity index (χ2v) is 3.50. The molecule has 2 rings (SSSR count). The fourth-order valence-electron chi connectivity index (χ4n) is 1.47. The zero-order chi connectivity index (χ0) is 11.4. The summed E-state index contributed by atoms with van der Waals surface area (Å²) in [6, 6.07) is 11.3. The van der Waals surface area contributed by atoms with Gasteiger partial charge in [0.15, 0.2) is 0 Å². The maximum absolute atomic E-state index is 12.6. The second kappa shape index (κ2) is 4.66. The highest BCUT2D eigenvalue weighted by Gasteiger charge is 2.00. The standard InChI is InChI=1S/C13H11FN2/c1-10(14)9-11-4-6-12(7-5-11)13-3-2-8-15-16-13/h2-8H,1,9H2. The lowest BCUT2D eigenvalue weighted by Gasteiger charge is -2.01. The van der Waals surface area contributed by atoms with Gasteiger partial charge in [0, 0.05) is 18.2 Å². The molecular weight excluding hydrogens is 203 g/mol. The van der Waals surface area contributed by atoms with E-state index < -0.39 is 0 Å². The van der Waals surface area contributed by atoms with Gasteiger partial charge in [0.1, 0.15) is 0 Å². The molecule has 80 valence electrons. The highest BCUT2D eigenvalue weighted by atomic mass is 19.1. The summed E-state index contributed by atoms with van der Waals surface area (Å²) in [5, 5.41) is 7.81. The van der Waals surface area contributed by atoms with E-state index in [-0.39, 0.29) is 12.2 Å². The predicted molar refractivity (Wildman–Crippen MR) is 61.4 cm³/mol. The van der Waals surface area contributed by atoms with Crippen LogP contribution >= 0.6 is 0 Å². The van der Waals surface area contributed by atoms with Crippen LogP contribution in [0.1, 0.15) is 5.56 Å². The van der Waals surface area contributed by atoms with Gasteiger partial charge in [-0.15, -0.1) is 0 Å². The Morgan fingerprint density at radius 3 is 2.50 bits per heavy atom. The average molecular weight is 214 g/mol. The minimum Gasteiger partial charge on any atom is -0.212 e. The lowest BCUT2D eigenvalue weighted by Crippen LogP contribution is -1.88. The Labute approximate surface area is 93.5 Å². The molecule has 0 amide bonds. The molecular formula is C13H11FN2. The first-order valence-electron chi connectivity index (χ1n) is 4.96. The molecule has 0 radical (unpaired) electrons. The topological polar surface area (TPSA) is 25.8 Å². The molecule has 0 saturated heterocycles. The Morgan fingerprint density at radius 2 is 1.94 bits per heavy atom. The van der Waals surface area contributed by atoms with Crippen molar-refractivity contribution in [3.8, 4) is 11.3 Å². The summed E-state index contributed by atoms with van der Waals surface area (Å²) in [6.45, 7) is 3.24. The van der Waals surface area contributed by atoms with Gasteiger partial charge in [0.05, 0.1) is 11.5 Å². The van der Waals surface area contributed by atoms with Gasteiger partial charge >= 0.3 is 0 Å². The molecule has 0 spiro atoms. The van der Waals surface area contributed by atoms with Crippen LogP contribution in [0.5, 0.6) is 0 Å². The van der Waals surface area contributed by atoms with Crippen molar-refractivity contribution in [3.63, 3.8) is 0 Å². The normalized spacial score (nSPS) is 10.1. The third kappa shape index (κ3) is 2.51. The van der Waals surface area contributed by atoms with Crippen LogP contribution in [0.4, 0.5) is 4.39 Å². The van der Waals surface area contributed by atoms with Crippen molar-refractivity contribution in [2.24, 2.45) is 0 Å². The number of aromatic nitrogens is 2. The van der Waals surface area contributed by atoms with E-state index in [0.29, 0.717) is 0 Å². The summed E-state index contributed by atoms with van der Waals surface area (Å²) in [6.07, 6.45) is 1.89. The number of rotatable bonds is 3. The largest absolute Gasteiger partial charge is 0.212 e. The molecule has 0 saturated carbocycles. The zero-order valence-corrected chi connectivity index (χ0v) is 8.73. The molecule has 0 fully saturated rings. The minimum absolute atomic E-state index is 0.265. The lowest BCUT2D eigenvalue weighted by atomic mass is 10.1. The minimum atomic E-state index is -0.327. The van der Waals surface area contributed by atoms with Crippen LogP contribution < -0.4 is 0 Å². The van der Waals surface area contributed by atoms with Crippen molar-refractivity contribution >= 4 is 0 Å². The first kappa shape index (κ1) is 10.5. The molecule has 0 N–H and O–H groups in total. The van der Waals surface area contributed by atoms with Crippen LogP contribution in [0.15, 0.2) is 55.0 Å². The van der Waals surface area contributed by atoms with Gasteiger partial charge < -0.3 is 0 Å². The molecule has 0 aliphatic heterocycles. The van der Waals surface area contributed by atoms with E-state index in [0.717, 1.165) is 16.8 Å². The Hall–Kier alpha value is -2.03.